The van der Waals surface area contributed by atoms with Crippen LogP contribution in [-0.4, -0.2) is 118 Å². The minimum atomic E-state index is -1.95. The van der Waals surface area contributed by atoms with Crippen LogP contribution in [0.1, 0.15) is 31.1 Å². The molecule has 0 radical (unpaired) electrons. The molecule has 0 spiro atoms. The number of benzene rings is 3. The van der Waals surface area contributed by atoms with Crippen LogP contribution in [0.2, 0.25) is 0 Å². The molecular formula is C33H34O14. The number of carbonyl (C=O) groups excluding carboxylic acids is 3. The van der Waals surface area contributed by atoms with E-state index in [4.69, 9.17) is 28.4 Å². The highest BCUT2D eigenvalue weighted by molar-refractivity contribution is 5.90. The van der Waals surface area contributed by atoms with Crippen molar-refractivity contribution >= 4 is 17.9 Å². The first-order chi connectivity index (χ1) is 22.7. The van der Waals surface area contributed by atoms with Crippen LogP contribution in [0, 0.1) is 0 Å². The SMILES string of the molecule is O=C(OC[C@H]1O[C@@H](O)[C@H](OC(=O)c2ccccc2)[C@@H](OC(=O)c2ccccc2)[C@H]1O[C@H]1O[C@H](CO)[C@H](O)[C@H](O)[C@H]1O)c1ccccc1. The van der Waals surface area contributed by atoms with Gasteiger partial charge in [0.1, 0.15) is 43.2 Å². The number of aliphatic hydroxyl groups excluding tert-OH is 5. The van der Waals surface area contributed by atoms with Gasteiger partial charge in [-0.15, -0.1) is 0 Å². The number of carbonyl (C=O) groups is 3. The Labute approximate surface area is 268 Å². The second kappa shape index (κ2) is 15.6. The molecule has 3 aromatic rings. The summed E-state index contributed by atoms with van der Waals surface area (Å²) >= 11 is 0. The molecule has 5 N–H and O–H groups in total. The van der Waals surface area contributed by atoms with E-state index in [9.17, 15) is 39.9 Å². The Morgan fingerprint density at radius 2 is 1.06 bits per heavy atom. The quantitative estimate of drug-likeness (QED) is 0.146. The fraction of sp³-hybridized carbons (Fsp3) is 0.364. The number of hydrogen-bond acceptors (Lipinski definition) is 14. The number of esters is 3. The highest BCUT2D eigenvalue weighted by atomic mass is 16.7. The van der Waals surface area contributed by atoms with Crippen LogP contribution in [0.5, 0.6) is 0 Å². The van der Waals surface area contributed by atoms with Crippen molar-refractivity contribution in [1.29, 1.82) is 0 Å². The van der Waals surface area contributed by atoms with Gasteiger partial charge in [-0.25, -0.2) is 14.4 Å². The van der Waals surface area contributed by atoms with Crippen molar-refractivity contribution in [2.45, 2.75) is 61.4 Å². The second-order valence-electron chi connectivity index (χ2n) is 10.8. The summed E-state index contributed by atoms with van der Waals surface area (Å²) in [5.74, 6) is -2.61. The summed E-state index contributed by atoms with van der Waals surface area (Å²) in [5.41, 5.74) is 0.371. The highest BCUT2D eigenvalue weighted by Crippen LogP contribution is 2.33. The van der Waals surface area contributed by atoms with E-state index in [1.54, 1.807) is 54.6 Å². The smallest absolute Gasteiger partial charge is 0.338 e. The zero-order valence-electron chi connectivity index (χ0n) is 24.8. The Kier molecular flexibility index (Phi) is 11.3. The van der Waals surface area contributed by atoms with Crippen molar-refractivity contribution in [3.8, 4) is 0 Å². The van der Waals surface area contributed by atoms with Gasteiger partial charge in [-0.1, -0.05) is 54.6 Å². The third kappa shape index (κ3) is 8.01. The molecule has 14 nitrogen and oxygen atoms in total. The minimum Gasteiger partial charge on any atom is -0.459 e. The largest absolute Gasteiger partial charge is 0.459 e. The monoisotopic (exact) mass is 654 g/mol. The lowest BCUT2D eigenvalue weighted by Crippen LogP contribution is -2.65. The molecule has 0 bridgehead atoms. The molecule has 47 heavy (non-hydrogen) atoms. The lowest BCUT2D eigenvalue weighted by Gasteiger charge is -2.46. The average molecular weight is 655 g/mol. The molecule has 0 amide bonds. The van der Waals surface area contributed by atoms with Crippen molar-refractivity contribution in [2.24, 2.45) is 0 Å². The first-order valence-corrected chi connectivity index (χ1v) is 14.7. The van der Waals surface area contributed by atoms with Crippen LogP contribution in [-0.2, 0) is 28.4 Å². The van der Waals surface area contributed by atoms with Gasteiger partial charge in [0.15, 0.2) is 24.8 Å². The summed E-state index contributed by atoms with van der Waals surface area (Å²) in [6.45, 7) is -1.38. The zero-order valence-corrected chi connectivity index (χ0v) is 24.8. The van der Waals surface area contributed by atoms with E-state index in [0.717, 1.165) is 0 Å². The normalized spacial score (nSPS) is 30.6. The third-order valence-corrected chi connectivity index (χ3v) is 7.64. The van der Waals surface area contributed by atoms with Crippen LogP contribution in [0.4, 0.5) is 0 Å². The van der Waals surface area contributed by atoms with Gasteiger partial charge < -0.3 is 54.0 Å². The van der Waals surface area contributed by atoms with E-state index < -0.39 is 92.5 Å². The van der Waals surface area contributed by atoms with Crippen LogP contribution in [0.3, 0.4) is 0 Å². The maximum absolute atomic E-state index is 13.4. The third-order valence-electron chi connectivity index (χ3n) is 7.64. The average Bonchev–Trinajstić information content (AvgIpc) is 3.10. The van der Waals surface area contributed by atoms with Gasteiger partial charge in [-0.05, 0) is 36.4 Å². The van der Waals surface area contributed by atoms with E-state index in [-0.39, 0.29) is 16.7 Å². The fourth-order valence-electron chi connectivity index (χ4n) is 5.14. The summed E-state index contributed by atoms with van der Waals surface area (Å²) in [4.78, 5) is 39.3. The molecule has 0 unspecified atom stereocenters. The summed E-state index contributed by atoms with van der Waals surface area (Å²) < 4.78 is 34.1. The first kappa shape index (κ1) is 34.1. The van der Waals surface area contributed by atoms with Gasteiger partial charge in [-0.2, -0.15) is 0 Å². The molecule has 250 valence electrons. The summed E-state index contributed by atoms with van der Waals surface area (Å²) in [6, 6.07) is 23.4. The van der Waals surface area contributed by atoms with Crippen molar-refractivity contribution in [1.82, 2.24) is 0 Å². The topological polar surface area (TPSA) is 208 Å². The molecule has 2 heterocycles. The van der Waals surface area contributed by atoms with Crippen molar-refractivity contribution in [3.05, 3.63) is 108 Å². The maximum atomic E-state index is 13.4. The van der Waals surface area contributed by atoms with Crippen molar-refractivity contribution in [3.63, 3.8) is 0 Å². The molecule has 14 heteroatoms. The van der Waals surface area contributed by atoms with Gasteiger partial charge in [0.2, 0.25) is 0 Å². The molecule has 2 aliphatic rings. The van der Waals surface area contributed by atoms with Gasteiger partial charge in [0.25, 0.3) is 0 Å². The van der Waals surface area contributed by atoms with E-state index in [1.807, 2.05) is 0 Å². The summed E-state index contributed by atoms with van der Waals surface area (Å²) in [6.07, 6.45) is -17.1. The Bertz CT molecular complexity index is 1470. The minimum absolute atomic E-state index is 0.0836. The first-order valence-electron chi connectivity index (χ1n) is 14.7. The van der Waals surface area contributed by atoms with Crippen molar-refractivity contribution < 1.29 is 68.3 Å². The van der Waals surface area contributed by atoms with Crippen LogP contribution in [0.25, 0.3) is 0 Å². The van der Waals surface area contributed by atoms with Crippen LogP contribution >= 0.6 is 0 Å². The molecule has 10 atom stereocenters. The molecular weight excluding hydrogens is 620 g/mol. The summed E-state index contributed by atoms with van der Waals surface area (Å²) in [5, 5.41) is 52.3. The predicted octanol–water partition coefficient (Wildman–Crippen LogP) is 0.197. The molecule has 2 aliphatic heterocycles. The van der Waals surface area contributed by atoms with Gasteiger partial charge in [0, 0.05) is 0 Å². The standard InChI is InChI=1S/C33H34O14/c34-16-21-23(35)24(36)25(37)33(44-21)47-26-22(17-42-29(38)18-10-4-1-5-11-18)43-32(41)28(46-31(40)20-14-8-3-9-15-20)27(26)45-30(39)19-12-6-2-7-13-19/h1-15,21-28,32-37,41H,16-17H2/t21-,22-,23+,24+,25-,26+,27+,28-,32-,33-/m1/s1. The van der Waals surface area contributed by atoms with Crippen molar-refractivity contribution in [2.75, 3.05) is 13.2 Å². The fourth-order valence-corrected chi connectivity index (χ4v) is 5.14. The highest BCUT2D eigenvalue weighted by Gasteiger charge is 2.54. The molecule has 5 rings (SSSR count). The van der Waals surface area contributed by atoms with E-state index in [0.29, 0.717) is 0 Å². The molecule has 3 aromatic carbocycles. The molecule has 0 aliphatic carbocycles. The Hall–Kier alpha value is -4.25. The van der Waals surface area contributed by atoms with Crippen LogP contribution in [0.15, 0.2) is 91.0 Å². The van der Waals surface area contributed by atoms with Gasteiger partial charge >= 0.3 is 17.9 Å². The Morgan fingerprint density at radius 1 is 0.574 bits per heavy atom. The Morgan fingerprint density at radius 3 is 1.57 bits per heavy atom. The van der Waals surface area contributed by atoms with Crippen LogP contribution < -0.4 is 0 Å². The molecule has 0 aromatic heterocycles. The van der Waals surface area contributed by atoms with E-state index >= 15 is 0 Å². The predicted molar refractivity (Wildman–Crippen MR) is 158 cm³/mol. The molecule has 2 fully saturated rings. The lowest BCUT2D eigenvalue weighted by atomic mass is 9.96. The number of aliphatic hydroxyl groups is 5. The Balaban J connectivity index is 1.49. The van der Waals surface area contributed by atoms with E-state index in [2.05, 4.69) is 0 Å². The maximum Gasteiger partial charge on any atom is 0.338 e. The lowest BCUT2D eigenvalue weighted by molar-refractivity contribution is -0.353. The number of rotatable bonds is 10. The summed E-state index contributed by atoms with van der Waals surface area (Å²) in [7, 11) is 0. The number of ether oxygens (including phenoxy) is 6. The second-order valence-corrected chi connectivity index (χ2v) is 10.8. The molecule has 0 saturated carbocycles. The van der Waals surface area contributed by atoms with E-state index in [1.165, 1.54) is 36.4 Å². The molecule has 2 saturated heterocycles. The van der Waals surface area contributed by atoms with Gasteiger partial charge in [-0.3, -0.25) is 0 Å². The number of hydrogen-bond donors (Lipinski definition) is 5. The zero-order chi connectivity index (χ0) is 33.5. The van der Waals surface area contributed by atoms with Gasteiger partial charge in [0.05, 0.1) is 23.3 Å².